The molecule has 0 saturated heterocycles. The van der Waals surface area contributed by atoms with Crippen LogP contribution < -0.4 is 0 Å². The molecule has 0 aliphatic carbocycles. The van der Waals surface area contributed by atoms with Crippen LogP contribution in [0.1, 0.15) is 102 Å². The van der Waals surface area contributed by atoms with Crippen molar-refractivity contribution >= 4 is 11.8 Å². The molecule has 3 heteroatoms. The zero-order valence-electron chi connectivity index (χ0n) is 18.6. The van der Waals surface area contributed by atoms with E-state index in [2.05, 4.69) is 30.3 Å². The normalized spacial score (nSPS) is 12.3. The lowest BCUT2D eigenvalue weighted by atomic mass is 10.0. The van der Waals surface area contributed by atoms with Crippen molar-refractivity contribution in [1.29, 1.82) is 0 Å². The second kappa shape index (κ2) is 20.8. The first kappa shape index (κ1) is 26.5. The van der Waals surface area contributed by atoms with Gasteiger partial charge in [-0.3, -0.25) is 0 Å². The van der Waals surface area contributed by atoms with E-state index in [1.165, 1.54) is 69.8 Å². The summed E-state index contributed by atoms with van der Waals surface area (Å²) >= 11 is 1.90. The highest BCUT2D eigenvalue weighted by molar-refractivity contribution is 7.99. The topological polar surface area (TPSA) is 39.8 Å². The number of hydrogen-bond donors (Lipinski definition) is 0. The average Bonchev–Trinajstić information content (AvgIpc) is 2.74. The van der Waals surface area contributed by atoms with Crippen molar-refractivity contribution in [3.05, 3.63) is 35.9 Å². The van der Waals surface area contributed by atoms with Crippen molar-refractivity contribution in [2.75, 3.05) is 18.1 Å². The van der Waals surface area contributed by atoms with Gasteiger partial charge in [-0.25, -0.2) is 10.2 Å². The van der Waals surface area contributed by atoms with E-state index in [0.29, 0.717) is 0 Å². The maximum atomic E-state index is 12.0. The van der Waals surface area contributed by atoms with Gasteiger partial charge in [0.1, 0.15) is 0 Å². The Morgan fingerprint density at radius 2 is 1.17 bits per heavy atom. The van der Waals surface area contributed by atoms with Crippen molar-refractivity contribution < 1.29 is 10.2 Å². The number of benzene rings is 1. The van der Waals surface area contributed by atoms with Gasteiger partial charge in [0.25, 0.3) is 0 Å². The summed E-state index contributed by atoms with van der Waals surface area (Å²) in [6.07, 6.45) is 18.6. The summed E-state index contributed by atoms with van der Waals surface area (Å²) in [5.41, 5.74) is 1.47. The van der Waals surface area contributed by atoms with Gasteiger partial charge in [0.2, 0.25) is 0 Å². The van der Waals surface area contributed by atoms with Crippen LogP contribution in [-0.4, -0.2) is 24.2 Å². The highest BCUT2D eigenvalue weighted by Gasteiger charge is 2.05. The van der Waals surface area contributed by atoms with Gasteiger partial charge >= 0.3 is 0 Å². The van der Waals surface area contributed by atoms with Crippen LogP contribution in [0.3, 0.4) is 0 Å². The van der Waals surface area contributed by atoms with Crippen molar-refractivity contribution in [1.82, 2.24) is 0 Å². The SMILES string of the molecule is [O]CCCCSCCCC([O])CCCCCCCCCCCCc1ccccc1. The van der Waals surface area contributed by atoms with Crippen LogP contribution in [0.15, 0.2) is 30.3 Å². The largest absolute Gasteiger partial charge is 0.237 e. The highest BCUT2D eigenvalue weighted by Crippen LogP contribution is 2.15. The lowest BCUT2D eigenvalue weighted by molar-refractivity contribution is 0.0709. The summed E-state index contributed by atoms with van der Waals surface area (Å²) in [6.45, 7) is 0.0540. The number of rotatable bonds is 21. The second-order valence-corrected chi connectivity index (χ2v) is 9.57. The van der Waals surface area contributed by atoms with E-state index < -0.39 is 0 Å². The van der Waals surface area contributed by atoms with Gasteiger partial charge in [-0.05, 0) is 62.0 Å². The van der Waals surface area contributed by atoms with Crippen molar-refractivity contribution in [3.63, 3.8) is 0 Å². The summed E-state index contributed by atoms with van der Waals surface area (Å²) in [4.78, 5) is 0. The standard InChI is InChI=1S/C26H44O2S/c27-22-14-15-23-29-24-16-21-26(28)20-13-8-6-4-2-1-3-5-7-10-17-25-18-11-9-12-19-25/h9,11-12,18-19,26H,1-8,10,13-17,20-24H2. The Morgan fingerprint density at radius 1 is 0.621 bits per heavy atom. The average molecular weight is 421 g/mol. The number of hydrogen-bond acceptors (Lipinski definition) is 1. The van der Waals surface area contributed by atoms with Crippen LogP contribution in [-0.2, 0) is 16.6 Å². The molecule has 0 bridgehead atoms. The van der Waals surface area contributed by atoms with Crippen molar-refractivity contribution in [3.8, 4) is 0 Å². The van der Waals surface area contributed by atoms with E-state index in [0.717, 1.165) is 50.0 Å². The first-order valence-electron chi connectivity index (χ1n) is 12.2. The monoisotopic (exact) mass is 420 g/mol. The molecule has 1 atom stereocenters. The summed E-state index contributed by atoms with van der Waals surface area (Å²) < 4.78 is 0. The molecule has 29 heavy (non-hydrogen) atoms. The summed E-state index contributed by atoms with van der Waals surface area (Å²) in [5.74, 6) is 2.17. The minimum atomic E-state index is -0.354. The Labute approximate surface area is 184 Å². The van der Waals surface area contributed by atoms with Gasteiger partial charge in [0.15, 0.2) is 0 Å². The maximum absolute atomic E-state index is 12.0. The lowest BCUT2D eigenvalue weighted by Gasteiger charge is -2.08. The molecule has 0 saturated carbocycles. The molecule has 0 aromatic heterocycles. The van der Waals surface area contributed by atoms with E-state index in [-0.39, 0.29) is 12.7 Å². The summed E-state index contributed by atoms with van der Waals surface area (Å²) in [7, 11) is 0. The van der Waals surface area contributed by atoms with Gasteiger partial charge in [-0.2, -0.15) is 11.8 Å². The zero-order valence-corrected chi connectivity index (χ0v) is 19.4. The number of unbranched alkanes of at least 4 members (excludes halogenated alkanes) is 10. The third-order valence-corrected chi connectivity index (χ3v) is 6.74. The van der Waals surface area contributed by atoms with Crippen LogP contribution in [0, 0.1) is 0 Å². The first-order valence-corrected chi connectivity index (χ1v) is 13.3. The third kappa shape index (κ3) is 18.0. The zero-order chi connectivity index (χ0) is 20.8. The minimum Gasteiger partial charge on any atom is -0.237 e. The molecule has 1 aromatic rings. The van der Waals surface area contributed by atoms with Crippen molar-refractivity contribution in [2.24, 2.45) is 0 Å². The molecular weight excluding hydrogens is 376 g/mol. The first-order chi connectivity index (χ1) is 14.3. The Balaban J connectivity index is 1.74. The molecule has 1 unspecified atom stereocenters. The predicted octanol–water partition coefficient (Wildman–Crippen LogP) is 8.04. The highest BCUT2D eigenvalue weighted by atomic mass is 32.2. The number of thioether (sulfide) groups is 1. The van der Waals surface area contributed by atoms with Gasteiger partial charge in [0, 0.05) is 0 Å². The fraction of sp³-hybridized carbons (Fsp3) is 0.769. The number of aryl methyl sites for hydroxylation is 1. The van der Waals surface area contributed by atoms with Crippen LogP contribution in [0.5, 0.6) is 0 Å². The fourth-order valence-electron chi connectivity index (χ4n) is 3.73. The van der Waals surface area contributed by atoms with E-state index in [9.17, 15) is 10.2 Å². The lowest BCUT2D eigenvalue weighted by Crippen LogP contribution is -2.04. The molecule has 0 aliphatic rings. The molecule has 0 aliphatic heterocycles. The molecule has 0 N–H and O–H groups in total. The van der Waals surface area contributed by atoms with Gasteiger partial charge in [-0.1, -0.05) is 88.1 Å². The van der Waals surface area contributed by atoms with Crippen LogP contribution in [0.2, 0.25) is 0 Å². The molecule has 0 fully saturated rings. The van der Waals surface area contributed by atoms with E-state index in [4.69, 9.17) is 0 Å². The summed E-state index contributed by atoms with van der Waals surface area (Å²) in [5, 5.41) is 22.3. The Kier molecular flexibility index (Phi) is 19.0. The molecule has 0 spiro atoms. The molecule has 0 heterocycles. The second-order valence-electron chi connectivity index (χ2n) is 8.35. The predicted molar refractivity (Wildman–Crippen MR) is 127 cm³/mol. The third-order valence-electron chi connectivity index (χ3n) is 5.58. The molecule has 0 amide bonds. The fourth-order valence-corrected chi connectivity index (χ4v) is 4.71. The van der Waals surface area contributed by atoms with Crippen molar-refractivity contribution in [2.45, 2.75) is 109 Å². The maximum Gasteiger partial charge on any atom is 0.0930 e. The molecule has 2 radical (unpaired) electrons. The van der Waals surface area contributed by atoms with E-state index >= 15 is 0 Å². The Bertz CT molecular complexity index is 438. The molecular formula is C26H44O2S. The molecule has 2 nitrogen and oxygen atoms in total. The molecule has 1 rings (SSSR count). The Morgan fingerprint density at radius 3 is 1.83 bits per heavy atom. The van der Waals surface area contributed by atoms with Gasteiger partial charge in [0.05, 0.1) is 12.7 Å². The Hall–Kier alpha value is -0.510. The van der Waals surface area contributed by atoms with Gasteiger partial charge < -0.3 is 0 Å². The van der Waals surface area contributed by atoms with Crippen LogP contribution in [0.4, 0.5) is 0 Å². The van der Waals surface area contributed by atoms with Crippen LogP contribution in [0.25, 0.3) is 0 Å². The van der Waals surface area contributed by atoms with E-state index in [1.807, 2.05) is 11.8 Å². The molecule has 1 aromatic carbocycles. The molecule has 166 valence electrons. The van der Waals surface area contributed by atoms with Crippen LogP contribution >= 0.6 is 11.8 Å². The summed E-state index contributed by atoms with van der Waals surface area (Å²) in [6, 6.07) is 10.8. The minimum absolute atomic E-state index is 0.0540. The van der Waals surface area contributed by atoms with E-state index in [1.54, 1.807) is 0 Å². The smallest absolute Gasteiger partial charge is 0.0930 e. The van der Waals surface area contributed by atoms with Gasteiger partial charge in [-0.15, -0.1) is 0 Å². The quantitative estimate of drug-likeness (QED) is 0.185.